The van der Waals surface area contributed by atoms with Gasteiger partial charge in [-0.15, -0.1) is 0 Å². The van der Waals surface area contributed by atoms with Gasteiger partial charge in [0.05, 0.1) is 6.26 Å². The molecule has 3 aromatic rings. The van der Waals surface area contributed by atoms with E-state index in [2.05, 4.69) is 0 Å². The van der Waals surface area contributed by atoms with Gasteiger partial charge in [-0.25, -0.2) is 0 Å². The maximum Gasteiger partial charge on any atom is 0.185 e. The van der Waals surface area contributed by atoms with E-state index in [0.717, 1.165) is 16.5 Å². The average molecular weight is 212 g/mol. The minimum Gasteiger partial charge on any atom is -0.464 e. The van der Waals surface area contributed by atoms with Crippen molar-refractivity contribution >= 4 is 17.3 Å². The van der Waals surface area contributed by atoms with Crippen LogP contribution in [0.15, 0.2) is 51.5 Å². The van der Waals surface area contributed by atoms with Crippen LogP contribution in [-0.4, -0.2) is 6.29 Å². The third-order valence-electron chi connectivity index (χ3n) is 2.50. The van der Waals surface area contributed by atoms with Crippen molar-refractivity contribution < 1.29 is 13.6 Å². The first-order chi connectivity index (χ1) is 7.88. The first-order valence-corrected chi connectivity index (χ1v) is 4.90. The number of aldehydes is 1. The first-order valence-electron chi connectivity index (χ1n) is 4.90. The van der Waals surface area contributed by atoms with Gasteiger partial charge in [-0.2, -0.15) is 0 Å². The summed E-state index contributed by atoms with van der Waals surface area (Å²) in [5.74, 6) is 1.00. The van der Waals surface area contributed by atoms with E-state index in [0.29, 0.717) is 17.8 Å². The highest BCUT2D eigenvalue weighted by Crippen LogP contribution is 2.30. The van der Waals surface area contributed by atoms with Crippen LogP contribution < -0.4 is 0 Å². The molecule has 0 saturated heterocycles. The Hall–Kier alpha value is -2.29. The second kappa shape index (κ2) is 3.38. The summed E-state index contributed by atoms with van der Waals surface area (Å²) >= 11 is 0. The lowest BCUT2D eigenvalue weighted by Gasteiger charge is -1.97. The highest BCUT2D eigenvalue weighted by atomic mass is 16.3. The van der Waals surface area contributed by atoms with Crippen molar-refractivity contribution in [3.8, 4) is 11.3 Å². The van der Waals surface area contributed by atoms with E-state index in [-0.39, 0.29) is 0 Å². The fourth-order valence-corrected chi connectivity index (χ4v) is 1.77. The van der Waals surface area contributed by atoms with Gasteiger partial charge in [0.2, 0.25) is 0 Å². The van der Waals surface area contributed by atoms with E-state index in [9.17, 15) is 4.79 Å². The molecule has 0 aliphatic carbocycles. The summed E-state index contributed by atoms with van der Waals surface area (Å²) in [7, 11) is 0. The van der Waals surface area contributed by atoms with Crippen molar-refractivity contribution in [2.24, 2.45) is 0 Å². The Morgan fingerprint density at radius 2 is 2.00 bits per heavy atom. The number of hydrogen-bond acceptors (Lipinski definition) is 3. The summed E-state index contributed by atoms with van der Waals surface area (Å²) in [6.45, 7) is 0. The molecule has 0 aliphatic rings. The maximum absolute atomic E-state index is 10.6. The summed E-state index contributed by atoms with van der Waals surface area (Å²) in [5, 5.41) is 0.981. The number of benzene rings is 1. The van der Waals surface area contributed by atoms with Crippen LogP contribution in [0, 0.1) is 0 Å². The standard InChI is InChI=1S/C13H8O3/c14-8-9-4-5-13(16-9)10-2-1-3-12-11(10)6-7-15-12/h1-8H. The zero-order chi connectivity index (χ0) is 11.0. The molecule has 2 aromatic heterocycles. The van der Waals surface area contributed by atoms with Gasteiger partial charge in [0.15, 0.2) is 12.0 Å². The summed E-state index contributed by atoms with van der Waals surface area (Å²) in [4.78, 5) is 10.6. The molecule has 3 heteroatoms. The number of carbonyl (C=O) groups excluding carboxylic acids is 1. The van der Waals surface area contributed by atoms with E-state index in [1.807, 2.05) is 24.3 Å². The van der Waals surface area contributed by atoms with Gasteiger partial charge in [0.25, 0.3) is 0 Å². The van der Waals surface area contributed by atoms with Crippen LogP contribution in [0.4, 0.5) is 0 Å². The molecule has 0 amide bonds. The number of furan rings is 2. The van der Waals surface area contributed by atoms with Gasteiger partial charge < -0.3 is 8.83 Å². The second-order valence-electron chi connectivity index (χ2n) is 3.46. The van der Waals surface area contributed by atoms with Gasteiger partial charge in [0.1, 0.15) is 11.3 Å². The van der Waals surface area contributed by atoms with Crippen molar-refractivity contribution in [3.63, 3.8) is 0 Å². The third-order valence-corrected chi connectivity index (χ3v) is 2.50. The summed E-state index contributed by atoms with van der Waals surface area (Å²) in [5.41, 5.74) is 1.74. The molecule has 2 heterocycles. The number of carbonyl (C=O) groups is 1. The van der Waals surface area contributed by atoms with E-state index in [4.69, 9.17) is 8.83 Å². The molecule has 0 saturated carbocycles. The lowest BCUT2D eigenvalue weighted by molar-refractivity contribution is 0.110. The SMILES string of the molecule is O=Cc1ccc(-c2cccc3occc23)o1. The molecular formula is C13H8O3. The molecule has 0 bridgehead atoms. The van der Waals surface area contributed by atoms with Gasteiger partial charge >= 0.3 is 0 Å². The minimum absolute atomic E-state index is 0.329. The lowest BCUT2D eigenvalue weighted by atomic mass is 10.1. The van der Waals surface area contributed by atoms with Crippen LogP contribution in [0.5, 0.6) is 0 Å². The van der Waals surface area contributed by atoms with Crippen LogP contribution in [0.3, 0.4) is 0 Å². The Morgan fingerprint density at radius 1 is 1.06 bits per heavy atom. The zero-order valence-corrected chi connectivity index (χ0v) is 8.34. The van der Waals surface area contributed by atoms with Crippen LogP contribution >= 0.6 is 0 Å². The Kier molecular flexibility index (Phi) is 1.90. The molecule has 3 rings (SSSR count). The largest absolute Gasteiger partial charge is 0.464 e. The molecule has 3 nitrogen and oxygen atoms in total. The van der Waals surface area contributed by atoms with E-state index < -0.39 is 0 Å². The zero-order valence-electron chi connectivity index (χ0n) is 8.34. The minimum atomic E-state index is 0.329. The predicted octanol–water partition coefficient (Wildman–Crippen LogP) is 3.51. The second-order valence-corrected chi connectivity index (χ2v) is 3.46. The normalized spacial score (nSPS) is 10.8. The third kappa shape index (κ3) is 1.26. The molecule has 0 atom stereocenters. The monoisotopic (exact) mass is 212 g/mol. The average Bonchev–Trinajstić information content (AvgIpc) is 2.97. The van der Waals surface area contributed by atoms with Crippen LogP contribution in [0.25, 0.3) is 22.3 Å². The molecule has 0 spiro atoms. The highest BCUT2D eigenvalue weighted by Gasteiger charge is 2.09. The fourth-order valence-electron chi connectivity index (χ4n) is 1.77. The van der Waals surface area contributed by atoms with Gasteiger partial charge in [0, 0.05) is 10.9 Å². The summed E-state index contributed by atoms with van der Waals surface area (Å²) in [6, 6.07) is 11.0. The van der Waals surface area contributed by atoms with Crippen molar-refractivity contribution in [1.29, 1.82) is 0 Å². The van der Waals surface area contributed by atoms with Gasteiger partial charge in [-0.1, -0.05) is 12.1 Å². The maximum atomic E-state index is 10.6. The fraction of sp³-hybridized carbons (Fsp3) is 0. The summed E-state index contributed by atoms with van der Waals surface area (Å²) in [6.07, 6.45) is 2.33. The van der Waals surface area contributed by atoms with Crippen LogP contribution in [0.1, 0.15) is 10.6 Å². The van der Waals surface area contributed by atoms with Gasteiger partial charge in [-0.05, 0) is 24.3 Å². The predicted molar refractivity (Wildman–Crippen MR) is 59.3 cm³/mol. The number of fused-ring (bicyclic) bond motifs is 1. The Bertz CT molecular complexity index is 646. The quantitative estimate of drug-likeness (QED) is 0.610. The first kappa shape index (κ1) is 8.97. The molecule has 1 aromatic carbocycles. The number of rotatable bonds is 2. The van der Waals surface area contributed by atoms with Crippen molar-refractivity contribution in [3.05, 3.63) is 48.4 Å². The molecule has 16 heavy (non-hydrogen) atoms. The molecule has 0 radical (unpaired) electrons. The van der Waals surface area contributed by atoms with Crippen molar-refractivity contribution in [2.75, 3.05) is 0 Å². The van der Waals surface area contributed by atoms with E-state index >= 15 is 0 Å². The van der Waals surface area contributed by atoms with Crippen LogP contribution in [0.2, 0.25) is 0 Å². The van der Waals surface area contributed by atoms with Crippen molar-refractivity contribution in [1.82, 2.24) is 0 Å². The number of hydrogen-bond donors (Lipinski definition) is 0. The molecule has 0 unspecified atom stereocenters. The molecule has 0 N–H and O–H groups in total. The van der Waals surface area contributed by atoms with Gasteiger partial charge in [-0.3, -0.25) is 4.79 Å². The molecule has 78 valence electrons. The Balaban J connectivity index is 2.24. The summed E-state index contributed by atoms with van der Waals surface area (Å²) < 4.78 is 10.7. The topological polar surface area (TPSA) is 43.4 Å². The molecular weight excluding hydrogens is 204 g/mol. The Labute approximate surface area is 91.3 Å². The Morgan fingerprint density at radius 3 is 2.81 bits per heavy atom. The highest BCUT2D eigenvalue weighted by molar-refractivity contribution is 5.92. The van der Waals surface area contributed by atoms with Crippen molar-refractivity contribution in [2.45, 2.75) is 0 Å². The molecule has 0 aliphatic heterocycles. The van der Waals surface area contributed by atoms with Crippen LogP contribution in [-0.2, 0) is 0 Å². The van der Waals surface area contributed by atoms with E-state index in [1.165, 1.54) is 0 Å². The van der Waals surface area contributed by atoms with E-state index in [1.54, 1.807) is 18.4 Å². The molecule has 0 fully saturated rings. The lowest BCUT2D eigenvalue weighted by Crippen LogP contribution is -1.75. The smallest absolute Gasteiger partial charge is 0.185 e.